The summed E-state index contributed by atoms with van der Waals surface area (Å²) in [5.41, 5.74) is 3.81. The number of likely N-dealkylation sites (N-methyl/N-ethyl adjacent to an activating group) is 1. The van der Waals surface area contributed by atoms with Gasteiger partial charge in [-0.2, -0.15) is 0 Å². The summed E-state index contributed by atoms with van der Waals surface area (Å²) in [5.74, 6) is -7.38. The second-order valence-corrected chi connectivity index (χ2v) is 12.7. The number of hydrogen-bond acceptors (Lipinski definition) is 12. The highest BCUT2D eigenvalue weighted by atomic mass is 16.6. The summed E-state index contributed by atoms with van der Waals surface area (Å²) in [4.78, 5) is 25.6. The number of hydrogen-bond donors (Lipinski definition) is 10. The van der Waals surface area contributed by atoms with E-state index in [0.717, 1.165) is 18.2 Å². The van der Waals surface area contributed by atoms with Crippen LogP contribution in [0.2, 0.25) is 0 Å². The van der Waals surface area contributed by atoms with Gasteiger partial charge in [-0.15, -0.1) is 0 Å². The quantitative estimate of drug-likeness (QED) is 0.0473. The van der Waals surface area contributed by atoms with Crippen LogP contribution in [0, 0.1) is 0 Å². The molecule has 6 rings (SSSR count). The number of carbonyl (C=O) groups excluding carboxylic acids is 1. The Morgan fingerprint density at radius 2 is 1.43 bits per heavy atom. The molecule has 0 bridgehead atoms. The number of aliphatic carboxylic acids is 1. The van der Waals surface area contributed by atoms with Gasteiger partial charge in [0.05, 0.1) is 0 Å². The van der Waals surface area contributed by atoms with Crippen molar-refractivity contribution < 1.29 is 60.3 Å². The number of ether oxygens (including phenoxy) is 1. The molecule has 0 unspecified atom stereocenters. The molecule has 0 aliphatic heterocycles. The Labute approximate surface area is 302 Å². The number of carbonyl (C=O) groups is 2. The van der Waals surface area contributed by atoms with Crippen molar-refractivity contribution in [3.63, 3.8) is 0 Å². The smallest absolute Gasteiger partial charge is 0.345 e. The van der Waals surface area contributed by atoms with Crippen molar-refractivity contribution >= 4 is 28.8 Å². The topological polar surface area (TPSA) is 237 Å². The maximum atomic E-state index is 13.2. The van der Waals surface area contributed by atoms with E-state index in [4.69, 9.17) is 4.74 Å². The van der Waals surface area contributed by atoms with E-state index in [0.29, 0.717) is 64.6 Å². The van der Waals surface area contributed by atoms with E-state index < -0.39 is 52.7 Å². The molecule has 13 heteroatoms. The van der Waals surface area contributed by atoms with E-state index in [2.05, 4.69) is 5.32 Å². The van der Waals surface area contributed by atoms with Crippen molar-refractivity contribution in [1.29, 1.82) is 0 Å². The predicted octanol–water partition coefficient (Wildman–Crippen LogP) is 5.71. The summed E-state index contributed by atoms with van der Waals surface area (Å²) in [6.45, 7) is 2.13. The van der Waals surface area contributed by atoms with Crippen molar-refractivity contribution in [3.8, 4) is 68.2 Å². The molecule has 13 nitrogen and oxygen atoms in total. The Kier molecular flexibility index (Phi) is 9.95. The molecule has 53 heavy (non-hydrogen) atoms. The molecule has 1 aliphatic carbocycles. The van der Waals surface area contributed by atoms with Gasteiger partial charge in [0.2, 0.25) is 6.10 Å². The number of rotatable bonds is 10. The Balaban J connectivity index is 1.41. The molecule has 10 N–H and O–H groups in total. The third-order valence-electron chi connectivity index (χ3n) is 9.47. The van der Waals surface area contributed by atoms with Crippen LogP contribution in [0.25, 0.3) is 39.1 Å². The lowest BCUT2D eigenvalue weighted by Crippen LogP contribution is -2.38. The molecular formula is C40H37NO12. The number of phenolic OH excluding ortho intramolecular Hbond substituents is 8. The van der Waals surface area contributed by atoms with E-state index in [1.165, 1.54) is 18.2 Å². The van der Waals surface area contributed by atoms with Crippen LogP contribution in [0.4, 0.5) is 0 Å². The van der Waals surface area contributed by atoms with Crippen molar-refractivity contribution in [2.75, 3.05) is 13.1 Å². The average Bonchev–Trinajstić information content (AvgIpc) is 3.33. The van der Waals surface area contributed by atoms with Gasteiger partial charge in [-0.3, -0.25) is 0 Å². The summed E-state index contributed by atoms with van der Waals surface area (Å²) in [6.07, 6.45) is 1.95. The zero-order valence-corrected chi connectivity index (χ0v) is 28.4. The number of benzene rings is 5. The first-order chi connectivity index (χ1) is 25.3. The van der Waals surface area contributed by atoms with Crippen molar-refractivity contribution in [2.24, 2.45) is 0 Å². The van der Waals surface area contributed by atoms with Crippen LogP contribution >= 0.6 is 0 Å². The number of esters is 1. The summed E-state index contributed by atoms with van der Waals surface area (Å²) >= 11 is 0. The van der Waals surface area contributed by atoms with Gasteiger partial charge in [0.1, 0.15) is 5.75 Å². The third kappa shape index (κ3) is 6.89. The second-order valence-electron chi connectivity index (χ2n) is 12.7. The number of carboxylic acid groups (broad SMARTS) is 1. The maximum Gasteiger partial charge on any atom is 0.345 e. The molecule has 0 saturated carbocycles. The number of aromatic hydroxyl groups is 8. The molecule has 5 aromatic rings. The molecule has 0 radical (unpaired) electrons. The van der Waals surface area contributed by atoms with Gasteiger partial charge < -0.3 is 56.0 Å². The molecule has 274 valence electrons. The first kappa shape index (κ1) is 36.2. The van der Waals surface area contributed by atoms with Gasteiger partial charge in [0, 0.05) is 35.1 Å². The van der Waals surface area contributed by atoms with Gasteiger partial charge in [0.15, 0.2) is 40.2 Å². The lowest BCUT2D eigenvalue weighted by molar-refractivity contribution is -0.162. The van der Waals surface area contributed by atoms with Gasteiger partial charge in [-0.1, -0.05) is 25.1 Å². The molecular weight excluding hydrogens is 686 g/mol. The zero-order valence-electron chi connectivity index (χ0n) is 28.4. The molecule has 0 aromatic heterocycles. The van der Waals surface area contributed by atoms with Crippen molar-refractivity contribution in [1.82, 2.24) is 5.32 Å². The summed E-state index contributed by atoms with van der Waals surface area (Å²) < 4.78 is 5.38. The van der Waals surface area contributed by atoms with Gasteiger partial charge in [0.25, 0.3) is 0 Å². The van der Waals surface area contributed by atoms with Gasteiger partial charge in [-0.05, 0) is 113 Å². The Bertz CT molecular complexity index is 2270. The molecule has 0 amide bonds. The molecule has 0 fully saturated rings. The van der Waals surface area contributed by atoms with Crippen LogP contribution < -0.4 is 5.32 Å². The van der Waals surface area contributed by atoms with Crippen LogP contribution in [-0.2, 0) is 27.2 Å². The fraction of sp³-hybridized carbons (Fsp3) is 0.200. The fourth-order valence-electron chi connectivity index (χ4n) is 6.90. The van der Waals surface area contributed by atoms with Crippen LogP contribution in [-0.4, -0.2) is 77.1 Å². The Hall–Kier alpha value is -6.60. The van der Waals surface area contributed by atoms with Crippen molar-refractivity contribution in [3.05, 3.63) is 89.0 Å². The minimum Gasteiger partial charge on any atom is -0.508 e. The van der Waals surface area contributed by atoms with E-state index >= 15 is 0 Å². The van der Waals surface area contributed by atoms with Crippen LogP contribution in [0.5, 0.6) is 46.0 Å². The highest BCUT2D eigenvalue weighted by molar-refractivity contribution is 6.02. The number of phenols is 8. The number of fused-ring (bicyclic) bond motifs is 4. The SMILES string of the molecule is CCNC[C@@H](c1cc(O)c(O)c(O)c1)[C@@H](OC(=O)/C=C/c1cc(O)c(O)c2ccc(-c3cc(O)c(O)c4c3-c3cccc(O)c3CCC4)cc12)C(=O)O. The standard InChI is InChI=1S/C40H37NO12/c1-2-41-18-28(21-15-31(44)38(50)32(45)16-21)39(40(51)52)53-34(47)12-10-20-14-30(43)36(48)24-11-9-19(13-26(20)24)27-17-33(46)37(49)25-7-3-5-22-23(35(25)27)6-4-8-29(22)42/h4,6,8-17,28,39,41-46,48-50H,2-3,5,7,18H2,1H3,(H,51,52)/b12-10+/t28-,39+/m0/s1. The van der Waals surface area contributed by atoms with E-state index in [1.54, 1.807) is 37.3 Å². The second kappa shape index (κ2) is 14.6. The fourth-order valence-corrected chi connectivity index (χ4v) is 6.90. The van der Waals surface area contributed by atoms with Crippen LogP contribution in [0.1, 0.15) is 41.5 Å². The van der Waals surface area contributed by atoms with Crippen molar-refractivity contribution in [2.45, 2.75) is 38.2 Å². The summed E-state index contributed by atoms with van der Waals surface area (Å²) in [7, 11) is 0. The largest absolute Gasteiger partial charge is 0.508 e. The maximum absolute atomic E-state index is 13.2. The summed E-state index contributed by atoms with van der Waals surface area (Å²) in [6, 6.07) is 14.7. The van der Waals surface area contributed by atoms with Gasteiger partial charge >= 0.3 is 11.9 Å². The molecule has 5 aromatic carbocycles. The Morgan fingerprint density at radius 1 is 0.755 bits per heavy atom. The highest BCUT2D eigenvalue weighted by Crippen LogP contribution is 2.49. The molecule has 0 spiro atoms. The van der Waals surface area contributed by atoms with Gasteiger partial charge in [-0.25, -0.2) is 9.59 Å². The van der Waals surface area contributed by atoms with E-state index in [9.17, 15) is 55.5 Å². The third-order valence-corrected chi connectivity index (χ3v) is 9.47. The predicted molar refractivity (Wildman–Crippen MR) is 194 cm³/mol. The first-order valence-electron chi connectivity index (χ1n) is 16.8. The van der Waals surface area contributed by atoms with Crippen LogP contribution in [0.15, 0.2) is 66.7 Å². The molecule has 2 atom stereocenters. The number of nitrogens with one attached hydrogen (secondary N) is 1. The monoisotopic (exact) mass is 723 g/mol. The molecule has 0 saturated heterocycles. The minimum absolute atomic E-state index is 0.0476. The first-order valence-corrected chi connectivity index (χ1v) is 16.8. The normalized spacial score (nSPS) is 13.6. The van der Waals surface area contributed by atoms with E-state index in [-0.39, 0.29) is 40.3 Å². The lowest BCUT2D eigenvalue weighted by atomic mass is 9.86. The summed E-state index contributed by atoms with van der Waals surface area (Å²) in [5, 5.41) is 97.3. The Morgan fingerprint density at radius 3 is 2.13 bits per heavy atom. The molecule has 0 heterocycles. The minimum atomic E-state index is -1.81. The number of carboxylic acids is 1. The lowest BCUT2D eigenvalue weighted by Gasteiger charge is -2.24. The zero-order chi connectivity index (χ0) is 38.1. The van der Waals surface area contributed by atoms with Crippen LogP contribution in [0.3, 0.4) is 0 Å². The highest BCUT2D eigenvalue weighted by Gasteiger charge is 2.34. The van der Waals surface area contributed by atoms with E-state index in [1.807, 2.05) is 6.07 Å². The molecule has 1 aliphatic rings. The average molecular weight is 724 g/mol.